The van der Waals surface area contributed by atoms with E-state index in [-0.39, 0.29) is 11.9 Å². The van der Waals surface area contributed by atoms with Crippen molar-refractivity contribution in [1.29, 1.82) is 0 Å². The molecule has 34 heavy (non-hydrogen) atoms. The Morgan fingerprint density at radius 3 is 2.35 bits per heavy atom. The van der Waals surface area contributed by atoms with E-state index in [4.69, 9.17) is 20.9 Å². The number of rotatable bonds is 6. The number of nitrogens with zero attached hydrogens (tertiary/aromatic N) is 5. The lowest BCUT2D eigenvalue weighted by atomic mass is 10.0. The van der Waals surface area contributed by atoms with Crippen molar-refractivity contribution in [2.75, 3.05) is 52.5 Å². The van der Waals surface area contributed by atoms with Crippen LogP contribution in [0.2, 0.25) is 5.02 Å². The van der Waals surface area contributed by atoms with E-state index in [1.54, 1.807) is 0 Å². The predicted molar refractivity (Wildman–Crippen MR) is 128 cm³/mol. The highest BCUT2D eigenvalue weighted by Crippen LogP contribution is 2.26. The minimum absolute atomic E-state index is 0.160. The van der Waals surface area contributed by atoms with E-state index in [0.717, 1.165) is 37.3 Å². The van der Waals surface area contributed by atoms with Crippen LogP contribution < -0.4 is 0 Å². The first kappa shape index (κ1) is 23.0. The van der Waals surface area contributed by atoms with E-state index in [0.29, 0.717) is 49.6 Å². The summed E-state index contributed by atoms with van der Waals surface area (Å²) in [6.07, 6.45) is 0. The van der Waals surface area contributed by atoms with Gasteiger partial charge in [-0.1, -0.05) is 47.1 Å². The Morgan fingerprint density at radius 1 is 0.941 bits per heavy atom. The van der Waals surface area contributed by atoms with Crippen LogP contribution in [0.1, 0.15) is 17.5 Å². The summed E-state index contributed by atoms with van der Waals surface area (Å²) >= 11 is 5.97. The molecule has 8 nitrogen and oxygen atoms in total. The number of benzene rings is 2. The number of carbonyl (C=O) groups is 1. The van der Waals surface area contributed by atoms with Crippen molar-refractivity contribution < 1.29 is 14.1 Å². The molecule has 2 aliphatic rings. The van der Waals surface area contributed by atoms with Crippen LogP contribution >= 0.6 is 11.6 Å². The summed E-state index contributed by atoms with van der Waals surface area (Å²) in [5.74, 6) is 1.31. The van der Waals surface area contributed by atoms with Gasteiger partial charge < -0.3 is 14.2 Å². The molecule has 9 heteroatoms. The van der Waals surface area contributed by atoms with Crippen molar-refractivity contribution in [3.63, 3.8) is 0 Å². The van der Waals surface area contributed by atoms with E-state index in [1.807, 2.05) is 59.5 Å². The Morgan fingerprint density at radius 2 is 1.65 bits per heavy atom. The molecule has 1 unspecified atom stereocenters. The lowest BCUT2D eigenvalue weighted by Gasteiger charge is -2.40. The number of amides is 1. The van der Waals surface area contributed by atoms with Crippen LogP contribution in [0, 0.1) is 0 Å². The summed E-state index contributed by atoms with van der Waals surface area (Å²) < 4.78 is 10.9. The molecule has 2 saturated heterocycles. The Kier molecular flexibility index (Phi) is 7.20. The highest BCUT2D eigenvalue weighted by molar-refractivity contribution is 6.30. The summed E-state index contributed by atoms with van der Waals surface area (Å²) in [7, 11) is 0. The molecular weight excluding hydrogens is 454 g/mol. The van der Waals surface area contributed by atoms with E-state index in [2.05, 4.69) is 19.9 Å². The predicted octanol–water partition coefficient (Wildman–Crippen LogP) is 3.11. The third-order valence-corrected chi connectivity index (χ3v) is 6.63. The molecule has 2 fully saturated rings. The molecule has 0 aliphatic carbocycles. The quantitative estimate of drug-likeness (QED) is 0.535. The fraction of sp³-hybridized carbons (Fsp3) is 0.400. The van der Waals surface area contributed by atoms with Crippen LogP contribution in [-0.2, 0) is 16.1 Å². The van der Waals surface area contributed by atoms with Gasteiger partial charge in [-0.2, -0.15) is 4.98 Å². The van der Waals surface area contributed by atoms with Gasteiger partial charge in [-0.05, 0) is 29.8 Å². The van der Waals surface area contributed by atoms with E-state index in [9.17, 15) is 4.79 Å². The average molecular weight is 482 g/mol. The largest absolute Gasteiger partial charge is 0.378 e. The molecule has 0 saturated carbocycles. The Bertz CT molecular complexity index is 1080. The number of halogens is 1. The molecule has 3 heterocycles. The fourth-order valence-corrected chi connectivity index (χ4v) is 4.63. The first-order valence-electron chi connectivity index (χ1n) is 11.6. The number of piperazine rings is 1. The number of carbonyl (C=O) groups excluding carboxylic acids is 1. The van der Waals surface area contributed by atoms with Crippen molar-refractivity contribution in [2.45, 2.75) is 12.6 Å². The third kappa shape index (κ3) is 5.31. The Labute approximate surface area is 204 Å². The van der Waals surface area contributed by atoms with Crippen LogP contribution in [0.4, 0.5) is 0 Å². The van der Waals surface area contributed by atoms with Gasteiger partial charge in [-0.3, -0.25) is 14.6 Å². The molecule has 1 atom stereocenters. The van der Waals surface area contributed by atoms with Crippen molar-refractivity contribution in [3.8, 4) is 11.4 Å². The highest BCUT2D eigenvalue weighted by Gasteiger charge is 2.34. The van der Waals surface area contributed by atoms with Gasteiger partial charge in [-0.15, -0.1) is 0 Å². The molecule has 1 amide bonds. The Balaban J connectivity index is 1.23. The zero-order valence-electron chi connectivity index (χ0n) is 19.0. The molecule has 0 radical (unpaired) electrons. The average Bonchev–Trinajstić information content (AvgIpc) is 3.35. The Hall–Kier alpha value is -2.78. The number of morpholine rings is 1. The minimum Gasteiger partial charge on any atom is -0.378 e. The summed E-state index contributed by atoms with van der Waals surface area (Å²) in [5, 5.41) is 4.79. The van der Waals surface area contributed by atoms with Gasteiger partial charge >= 0.3 is 0 Å². The smallest absolute Gasteiger partial charge is 0.244 e. The fourth-order valence-electron chi connectivity index (χ4n) is 4.51. The van der Waals surface area contributed by atoms with Crippen molar-refractivity contribution in [1.82, 2.24) is 24.8 Å². The lowest BCUT2D eigenvalue weighted by molar-refractivity contribution is -0.142. The summed E-state index contributed by atoms with van der Waals surface area (Å²) in [5.41, 5.74) is 1.91. The van der Waals surface area contributed by atoms with Crippen LogP contribution in [0.3, 0.4) is 0 Å². The minimum atomic E-state index is -0.277. The molecule has 3 aromatic rings. The SMILES string of the molecule is O=C(C(c1ccccc1)N1CCN(Cc2nc(-c3ccc(Cl)cc3)no2)CC1)N1CCOCC1. The lowest BCUT2D eigenvalue weighted by Crippen LogP contribution is -2.52. The van der Waals surface area contributed by atoms with Crippen LogP contribution in [0.25, 0.3) is 11.4 Å². The van der Waals surface area contributed by atoms with Gasteiger partial charge in [0.1, 0.15) is 6.04 Å². The van der Waals surface area contributed by atoms with Gasteiger partial charge in [0.2, 0.25) is 17.6 Å². The van der Waals surface area contributed by atoms with Crippen LogP contribution in [0.5, 0.6) is 0 Å². The first-order chi connectivity index (χ1) is 16.7. The van der Waals surface area contributed by atoms with Gasteiger partial charge in [0, 0.05) is 49.9 Å². The molecule has 2 aliphatic heterocycles. The maximum Gasteiger partial charge on any atom is 0.244 e. The maximum atomic E-state index is 13.5. The van der Waals surface area contributed by atoms with E-state index < -0.39 is 0 Å². The molecule has 178 valence electrons. The van der Waals surface area contributed by atoms with Gasteiger partial charge in [-0.25, -0.2) is 0 Å². The maximum absolute atomic E-state index is 13.5. The van der Waals surface area contributed by atoms with Crippen molar-refractivity contribution >= 4 is 17.5 Å². The van der Waals surface area contributed by atoms with Gasteiger partial charge in [0.05, 0.1) is 19.8 Å². The second kappa shape index (κ2) is 10.7. The van der Waals surface area contributed by atoms with Gasteiger partial charge in [0.25, 0.3) is 0 Å². The number of hydrogen-bond acceptors (Lipinski definition) is 7. The number of aromatic nitrogens is 2. The third-order valence-electron chi connectivity index (χ3n) is 6.37. The van der Waals surface area contributed by atoms with Crippen LogP contribution in [-0.4, -0.2) is 83.2 Å². The summed E-state index contributed by atoms with van der Waals surface area (Å²) in [6, 6.07) is 17.2. The molecule has 1 aromatic heterocycles. The summed E-state index contributed by atoms with van der Waals surface area (Å²) in [4.78, 5) is 24.6. The van der Waals surface area contributed by atoms with Crippen LogP contribution in [0.15, 0.2) is 59.1 Å². The molecule has 2 aromatic carbocycles. The second-order valence-corrected chi connectivity index (χ2v) is 9.02. The highest BCUT2D eigenvalue weighted by atomic mass is 35.5. The molecule has 5 rings (SSSR count). The monoisotopic (exact) mass is 481 g/mol. The second-order valence-electron chi connectivity index (χ2n) is 8.58. The molecule has 0 N–H and O–H groups in total. The van der Waals surface area contributed by atoms with E-state index >= 15 is 0 Å². The summed E-state index contributed by atoms with van der Waals surface area (Å²) in [6.45, 7) is 6.29. The number of ether oxygens (including phenoxy) is 1. The van der Waals surface area contributed by atoms with Gasteiger partial charge in [0.15, 0.2) is 0 Å². The topological polar surface area (TPSA) is 74.9 Å². The molecule has 0 bridgehead atoms. The molecular formula is C25H28ClN5O3. The zero-order chi connectivity index (χ0) is 23.3. The van der Waals surface area contributed by atoms with E-state index in [1.165, 1.54) is 0 Å². The zero-order valence-corrected chi connectivity index (χ0v) is 19.7. The van der Waals surface area contributed by atoms with Crippen molar-refractivity contribution in [3.05, 3.63) is 71.1 Å². The van der Waals surface area contributed by atoms with Crippen molar-refractivity contribution in [2.24, 2.45) is 0 Å². The number of hydrogen-bond donors (Lipinski definition) is 0. The molecule has 0 spiro atoms. The first-order valence-corrected chi connectivity index (χ1v) is 12.0. The standard InChI is InChI=1S/C25H28ClN5O3/c26-21-8-6-20(7-9-21)24-27-22(34-28-24)18-29-10-12-30(13-11-29)23(19-4-2-1-3-5-19)25(32)31-14-16-33-17-15-31/h1-9,23H,10-18H2. The normalized spacial score (nSPS) is 18.7.